The molecule has 0 aromatic heterocycles. The van der Waals surface area contributed by atoms with Gasteiger partial charge in [0.15, 0.2) is 0 Å². The SMILES string of the molecule is COc1ccc(N2C(=O)C[C@H](Nc3ccc(C)c(F)c3)C2=O)c(OC)c1. The van der Waals surface area contributed by atoms with Gasteiger partial charge in [0.1, 0.15) is 23.4 Å². The summed E-state index contributed by atoms with van der Waals surface area (Å²) in [5, 5.41) is 2.93. The Kier molecular flexibility index (Phi) is 4.79. The van der Waals surface area contributed by atoms with Crippen LogP contribution in [-0.4, -0.2) is 32.1 Å². The van der Waals surface area contributed by atoms with Crippen LogP contribution in [0.3, 0.4) is 0 Å². The van der Waals surface area contributed by atoms with Crippen molar-refractivity contribution in [2.45, 2.75) is 19.4 Å². The number of methoxy groups -OCH3 is 2. The average Bonchev–Trinajstić information content (AvgIpc) is 2.91. The number of carbonyl (C=O) groups is 2. The van der Waals surface area contributed by atoms with Gasteiger partial charge in [-0.1, -0.05) is 6.07 Å². The Labute approximate surface area is 150 Å². The predicted octanol–water partition coefficient (Wildman–Crippen LogP) is 2.90. The number of nitrogens with zero attached hydrogens (tertiary/aromatic N) is 1. The van der Waals surface area contributed by atoms with E-state index in [9.17, 15) is 14.0 Å². The second kappa shape index (κ2) is 7.03. The van der Waals surface area contributed by atoms with E-state index in [2.05, 4.69) is 5.32 Å². The number of benzene rings is 2. The highest BCUT2D eigenvalue weighted by Crippen LogP contribution is 2.35. The van der Waals surface area contributed by atoms with Crippen molar-refractivity contribution in [3.05, 3.63) is 47.8 Å². The minimum Gasteiger partial charge on any atom is -0.497 e. The zero-order valence-corrected chi connectivity index (χ0v) is 14.7. The van der Waals surface area contributed by atoms with E-state index in [1.54, 1.807) is 37.3 Å². The molecule has 2 amide bonds. The standard InChI is InChI=1S/C19H19FN2O4/c1-11-4-5-12(8-14(11)20)21-15-10-18(23)22(19(15)24)16-7-6-13(25-2)9-17(16)26-3/h4-9,15,21H,10H2,1-3H3/t15-/m0/s1. The van der Waals surface area contributed by atoms with E-state index < -0.39 is 11.9 Å². The fraction of sp³-hybridized carbons (Fsp3) is 0.263. The molecule has 1 aliphatic rings. The van der Waals surface area contributed by atoms with Crippen LogP contribution in [0.15, 0.2) is 36.4 Å². The summed E-state index contributed by atoms with van der Waals surface area (Å²) < 4.78 is 24.1. The molecule has 0 radical (unpaired) electrons. The Hall–Kier alpha value is -3.09. The van der Waals surface area contributed by atoms with E-state index in [0.29, 0.717) is 28.4 Å². The zero-order chi connectivity index (χ0) is 18.8. The minimum atomic E-state index is -0.767. The van der Waals surface area contributed by atoms with Crippen LogP contribution in [0.4, 0.5) is 15.8 Å². The van der Waals surface area contributed by atoms with E-state index in [1.165, 1.54) is 20.3 Å². The van der Waals surface area contributed by atoms with Gasteiger partial charge in [0.05, 0.1) is 26.3 Å². The predicted molar refractivity (Wildman–Crippen MR) is 95.2 cm³/mol. The largest absolute Gasteiger partial charge is 0.497 e. The van der Waals surface area contributed by atoms with Crippen molar-refractivity contribution in [2.24, 2.45) is 0 Å². The van der Waals surface area contributed by atoms with Crippen LogP contribution in [0, 0.1) is 12.7 Å². The second-order valence-electron chi connectivity index (χ2n) is 5.97. The topological polar surface area (TPSA) is 67.9 Å². The lowest BCUT2D eigenvalue weighted by Gasteiger charge is -2.19. The normalized spacial score (nSPS) is 16.8. The van der Waals surface area contributed by atoms with E-state index in [-0.39, 0.29) is 18.1 Å². The van der Waals surface area contributed by atoms with E-state index in [1.807, 2.05) is 0 Å². The number of hydrogen-bond acceptors (Lipinski definition) is 5. The molecule has 136 valence electrons. The van der Waals surface area contributed by atoms with E-state index in [4.69, 9.17) is 9.47 Å². The number of halogens is 1. The van der Waals surface area contributed by atoms with Gasteiger partial charge < -0.3 is 14.8 Å². The molecular weight excluding hydrogens is 339 g/mol. The highest BCUT2D eigenvalue weighted by atomic mass is 19.1. The summed E-state index contributed by atoms with van der Waals surface area (Å²) in [5.74, 6) is -0.244. The van der Waals surface area contributed by atoms with Gasteiger partial charge in [-0.05, 0) is 36.8 Å². The first-order valence-corrected chi connectivity index (χ1v) is 8.06. The molecule has 1 fully saturated rings. The fourth-order valence-electron chi connectivity index (χ4n) is 2.85. The Morgan fingerprint density at radius 2 is 1.88 bits per heavy atom. The highest BCUT2D eigenvalue weighted by molar-refractivity contribution is 6.23. The van der Waals surface area contributed by atoms with Crippen molar-refractivity contribution in [3.8, 4) is 11.5 Å². The van der Waals surface area contributed by atoms with Crippen LogP contribution in [0.2, 0.25) is 0 Å². The van der Waals surface area contributed by atoms with Gasteiger partial charge in [0.25, 0.3) is 5.91 Å². The number of hydrogen-bond donors (Lipinski definition) is 1. The molecule has 0 bridgehead atoms. The Balaban J connectivity index is 1.86. The fourth-order valence-corrected chi connectivity index (χ4v) is 2.85. The van der Waals surface area contributed by atoms with Crippen molar-refractivity contribution in [1.29, 1.82) is 0 Å². The summed E-state index contributed by atoms with van der Waals surface area (Å²) in [5.41, 5.74) is 1.31. The molecule has 1 atom stereocenters. The third-order valence-electron chi connectivity index (χ3n) is 4.29. The van der Waals surface area contributed by atoms with Crippen molar-refractivity contribution in [1.82, 2.24) is 0 Å². The zero-order valence-electron chi connectivity index (χ0n) is 14.7. The number of aryl methyl sites for hydroxylation is 1. The molecule has 7 heteroatoms. The average molecular weight is 358 g/mol. The van der Waals surface area contributed by atoms with Gasteiger partial charge in [-0.3, -0.25) is 9.59 Å². The Bertz CT molecular complexity index is 869. The van der Waals surface area contributed by atoms with Gasteiger partial charge in [-0.15, -0.1) is 0 Å². The van der Waals surface area contributed by atoms with Crippen molar-refractivity contribution in [2.75, 3.05) is 24.4 Å². The number of rotatable bonds is 5. The smallest absolute Gasteiger partial charge is 0.256 e. The van der Waals surface area contributed by atoms with Gasteiger partial charge >= 0.3 is 0 Å². The molecule has 6 nitrogen and oxygen atoms in total. The number of amides is 2. The molecule has 0 saturated carbocycles. The van der Waals surface area contributed by atoms with Gasteiger partial charge in [-0.2, -0.15) is 0 Å². The molecular formula is C19H19FN2O4. The first-order valence-electron chi connectivity index (χ1n) is 8.06. The maximum Gasteiger partial charge on any atom is 0.256 e. The van der Waals surface area contributed by atoms with Crippen molar-refractivity contribution < 1.29 is 23.5 Å². The first-order chi connectivity index (χ1) is 12.4. The summed E-state index contributed by atoms with van der Waals surface area (Å²) in [7, 11) is 2.97. The molecule has 1 saturated heterocycles. The van der Waals surface area contributed by atoms with Crippen LogP contribution in [0.1, 0.15) is 12.0 Å². The molecule has 0 spiro atoms. The lowest BCUT2D eigenvalue weighted by molar-refractivity contribution is -0.121. The molecule has 0 unspecified atom stereocenters. The molecule has 2 aromatic rings. The summed E-state index contributed by atoms with van der Waals surface area (Å²) in [6.07, 6.45) is -0.0243. The third-order valence-corrected chi connectivity index (χ3v) is 4.29. The highest BCUT2D eigenvalue weighted by Gasteiger charge is 2.40. The van der Waals surface area contributed by atoms with Crippen molar-refractivity contribution >= 4 is 23.2 Å². The summed E-state index contributed by atoms with van der Waals surface area (Å²) >= 11 is 0. The van der Waals surface area contributed by atoms with E-state index >= 15 is 0 Å². The van der Waals surface area contributed by atoms with Crippen LogP contribution >= 0.6 is 0 Å². The van der Waals surface area contributed by atoms with Crippen LogP contribution in [0.5, 0.6) is 11.5 Å². The lowest BCUT2D eigenvalue weighted by Crippen LogP contribution is -2.35. The first kappa shape index (κ1) is 17.7. The molecule has 1 heterocycles. The monoisotopic (exact) mass is 358 g/mol. The Morgan fingerprint density at radius 1 is 1.12 bits per heavy atom. The van der Waals surface area contributed by atoms with Gasteiger partial charge in [-0.25, -0.2) is 9.29 Å². The van der Waals surface area contributed by atoms with Gasteiger partial charge in [0, 0.05) is 11.8 Å². The maximum atomic E-state index is 13.7. The third kappa shape index (κ3) is 3.20. The van der Waals surface area contributed by atoms with Crippen LogP contribution < -0.4 is 19.7 Å². The number of nitrogens with one attached hydrogen (secondary N) is 1. The van der Waals surface area contributed by atoms with Crippen LogP contribution in [-0.2, 0) is 9.59 Å². The Morgan fingerprint density at radius 3 is 2.54 bits per heavy atom. The van der Waals surface area contributed by atoms with Gasteiger partial charge in [0.2, 0.25) is 5.91 Å². The number of ether oxygens (including phenoxy) is 2. The summed E-state index contributed by atoms with van der Waals surface area (Å²) in [4.78, 5) is 26.3. The van der Waals surface area contributed by atoms with E-state index in [0.717, 1.165) is 4.90 Å². The quantitative estimate of drug-likeness (QED) is 0.833. The molecule has 2 aromatic carbocycles. The molecule has 1 aliphatic heterocycles. The van der Waals surface area contributed by atoms with Crippen molar-refractivity contribution in [3.63, 3.8) is 0 Å². The molecule has 3 rings (SSSR count). The van der Waals surface area contributed by atoms with Crippen LogP contribution in [0.25, 0.3) is 0 Å². The number of anilines is 2. The molecule has 1 N–H and O–H groups in total. The summed E-state index contributed by atoms with van der Waals surface area (Å²) in [6.45, 7) is 1.65. The summed E-state index contributed by atoms with van der Waals surface area (Å²) in [6, 6.07) is 8.68. The second-order valence-corrected chi connectivity index (χ2v) is 5.97. The molecule has 26 heavy (non-hydrogen) atoms. The minimum absolute atomic E-state index is 0.0243. The number of carbonyl (C=O) groups excluding carboxylic acids is 2. The lowest BCUT2D eigenvalue weighted by atomic mass is 10.2. The maximum absolute atomic E-state index is 13.7. The number of imide groups is 1. The molecule has 0 aliphatic carbocycles.